The summed E-state index contributed by atoms with van der Waals surface area (Å²) in [7, 11) is 2.25. The number of nitrogens with two attached hydrogens (primary N) is 1. The van der Waals surface area contributed by atoms with Crippen LogP contribution < -0.4 is 11.1 Å². The minimum atomic E-state index is -0.172. The molecule has 5 heteroatoms. The molecule has 3 N–H and O–H groups in total. The van der Waals surface area contributed by atoms with E-state index in [-0.39, 0.29) is 17.5 Å². The van der Waals surface area contributed by atoms with Gasteiger partial charge in [0.1, 0.15) is 0 Å². The van der Waals surface area contributed by atoms with Crippen molar-refractivity contribution in [1.29, 1.82) is 0 Å². The Morgan fingerprint density at radius 2 is 1.95 bits per heavy atom. The van der Waals surface area contributed by atoms with Crippen molar-refractivity contribution in [2.75, 3.05) is 26.7 Å². The van der Waals surface area contributed by atoms with Gasteiger partial charge in [0, 0.05) is 49.7 Å². The number of hydrogen-bond acceptors (Lipinski definition) is 4. The highest BCUT2D eigenvalue weighted by Gasteiger charge is 2.36. The summed E-state index contributed by atoms with van der Waals surface area (Å²) in [6.45, 7) is 8.72. The molecule has 0 aromatic carbocycles. The van der Waals surface area contributed by atoms with Crippen molar-refractivity contribution in [2.45, 2.75) is 70.1 Å². The lowest BCUT2D eigenvalue weighted by atomic mass is 10.0. The van der Waals surface area contributed by atoms with E-state index in [1.165, 1.54) is 19.3 Å². The maximum absolute atomic E-state index is 12.2. The topological polar surface area (TPSA) is 61.6 Å². The zero-order valence-electron chi connectivity index (χ0n) is 14.1. The predicted octanol–water partition coefficient (Wildman–Crippen LogP) is 0.787. The van der Waals surface area contributed by atoms with E-state index >= 15 is 0 Å². The number of amides is 1. The molecular formula is C16H32N4O. The number of hydrogen-bond donors (Lipinski definition) is 2. The molecule has 3 unspecified atom stereocenters. The number of carbonyl (C=O) groups excluding carboxylic acids is 1. The Bertz CT molecular complexity index is 366. The minimum Gasteiger partial charge on any atom is -0.351 e. The van der Waals surface area contributed by atoms with Crippen LogP contribution in [0, 0.1) is 0 Å². The van der Waals surface area contributed by atoms with Gasteiger partial charge >= 0.3 is 0 Å². The first kappa shape index (κ1) is 16.7. The van der Waals surface area contributed by atoms with Gasteiger partial charge in [0.05, 0.1) is 0 Å². The molecule has 0 radical (unpaired) electrons. The predicted molar refractivity (Wildman–Crippen MR) is 86.1 cm³/mol. The fraction of sp³-hybridized carbons (Fsp3) is 0.938. The van der Waals surface area contributed by atoms with E-state index in [1.54, 1.807) is 0 Å². The van der Waals surface area contributed by atoms with Crippen LogP contribution in [0.1, 0.15) is 46.5 Å². The molecule has 0 saturated carbocycles. The summed E-state index contributed by atoms with van der Waals surface area (Å²) in [4.78, 5) is 17.2. The van der Waals surface area contributed by atoms with Gasteiger partial charge in [-0.3, -0.25) is 14.6 Å². The first-order chi connectivity index (χ1) is 9.80. The van der Waals surface area contributed by atoms with E-state index in [9.17, 15) is 4.79 Å². The van der Waals surface area contributed by atoms with E-state index in [4.69, 9.17) is 5.73 Å². The molecule has 0 spiro atoms. The molecule has 2 saturated heterocycles. The lowest BCUT2D eigenvalue weighted by Gasteiger charge is -2.33. The maximum Gasteiger partial charge on any atom is 0.222 e. The third-order valence-electron chi connectivity index (χ3n) is 4.90. The van der Waals surface area contributed by atoms with E-state index < -0.39 is 0 Å². The van der Waals surface area contributed by atoms with Crippen LogP contribution in [-0.2, 0) is 4.79 Å². The molecular weight excluding hydrogens is 264 g/mol. The molecule has 122 valence electrons. The van der Waals surface area contributed by atoms with E-state index in [2.05, 4.69) is 22.2 Å². The van der Waals surface area contributed by atoms with Gasteiger partial charge in [-0.05, 0) is 47.1 Å². The Hall–Kier alpha value is -0.650. The fourth-order valence-electron chi connectivity index (χ4n) is 3.71. The Morgan fingerprint density at radius 3 is 2.57 bits per heavy atom. The molecule has 2 aliphatic rings. The fourth-order valence-corrected chi connectivity index (χ4v) is 3.71. The van der Waals surface area contributed by atoms with Crippen LogP contribution in [0.2, 0.25) is 0 Å². The molecule has 0 aromatic heterocycles. The second-order valence-corrected chi connectivity index (χ2v) is 7.73. The summed E-state index contributed by atoms with van der Waals surface area (Å²) in [5.41, 5.74) is 5.79. The van der Waals surface area contributed by atoms with Gasteiger partial charge in [-0.2, -0.15) is 0 Å². The van der Waals surface area contributed by atoms with Crippen LogP contribution in [0.25, 0.3) is 0 Å². The average Bonchev–Trinajstić information content (AvgIpc) is 2.59. The third kappa shape index (κ3) is 4.41. The highest BCUT2D eigenvalue weighted by Crippen LogP contribution is 2.29. The largest absolute Gasteiger partial charge is 0.351 e. The summed E-state index contributed by atoms with van der Waals surface area (Å²) >= 11 is 0. The van der Waals surface area contributed by atoms with Gasteiger partial charge in [-0.25, -0.2) is 0 Å². The van der Waals surface area contributed by atoms with E-state index in [1.807, 2.05) is 20.8 Å². The van der Waals surface area contributed by atoms with Gasteiger partial charge in [0.2, 0.25) is 5.91 Å². The van der Waals surface area contributed by atoms with Crippen molar-refractivity contribution in [2.24, 2.45) is 5.73 Å². The number of rotatable bonds is 4. The third-order valence-corrected chi connectivity index (χ3v) is 4.90. The van der Waals surface area contributed by atoms with Crippen LogP contribution in [0.5, 0.6) is 0 Å². The molecule has 0 aromatic rings. The summed E-state index contributed by atoms with van der Waals surface area (Å²) in [6, 6.07) is 1.53. The average molecular weight is 296 g/mol. The second-order valence-electron chi connectivity index (χ2n) is 7.73. The van der Waals surface area contributed by atoms with Gasteiger partial charge in [-0.1, -0.05) is 0 Å². The molecule has 21 heavy (non-hydrogen) atoms. The monoisotopic (exact) mass is 296 g/mol. The lowest BCUT2D eigenvalue weighted by Crippen LogP contribution is -2.49. The van der Waals surface area contributed by atoms with Crippen LogP contribution in [-0.4, -0.2) is 66.1 Å². The van der Waals surface area contributed by atoms with Crippen LogP contribution >= 0.6 is 0 Å². The number of nitrogens with one attached hydrogen (secondary N) is 1. The maximum atomic E-state index is 12.2. The number of likely N-dealkylation sites (tertiary alicyclic amines) is 1. The zero-order chi connectivity index (χ0) is 15.6. The molecule has 2 heterocycles. The smallest absolute Gasteiger partial charge is 0.222 e. The normalized spacial score (nSPS) is 29.2. The molecule has 2 aliphatic heterocycles. The molecule has 1 amide bonds. The van der Waals surface area contributed by atoms with Crippen molar-refractivity contribution >= 4 is 5.91 Å². The standard InChI is InChI=1S/C16H32N4O/c1-16(2,3)18-15(21)9-14(10-17)20-8-7-12-5-6-13(11-20)19(12)4/h12-14H,5-11,17H2,1-4H3,(H,18,21). The highest BCUT2D eigenvalue weighted by molar-refractivity contribution is 5.77. The molecule has 2 fully saturated rings. The van der Waals surface area contributed by atoms with Crippen LogP contribution in [0.15, 0.2) is 0 Å². The summed E-state index contributed by atoms with van der Waals surface area (Å²) in [5, 5.41) is 3.05. The summed E-state index contributed by atoms with van der Waals surface area (Å²) in [6.07, 6.45) is 4.31. The van der Waals surface area contributed by atoms with Gasteiger partial charge < -0.3 is 11.1 Å². The van der Waals surface area contributed by atoms with Crippen molar-refractivity contribution in [3.63, 3.8) is 0 Å². The number of fused-ring (bicyclic) bond motifs is 2. The number of nitrogens with zero attached hydrogens (tertiary/aromatic N) is 2. The summed E-state index contributed by atoms with van der Waals surface area (Å²) in [5.74, 6) is 0.112. The van der Waals surface area contributed by atoms with Crippen molar-refractivity contribution in [3.05, 3.63) is 0 Å². The van der Waals surface area contributed by atoms with Gasteiger partial charge in [-0.15, -0.1) is 0 Å². The minimum absolute atomic E-state index is 0.112. The van der Waals surface area contributed by atoms with Crippen LogP contribution in [0.3, 0.4) is 0 Å². The van der Waals surface area contributed by atoms with E-state index in [0.717, 1.165) is 19.1 Å². The van der Waals surface area contributed by atoms with Crippen molar-refractivity contribution < 1.29 is 4.79 Å². The van der Waals surface area contributed by atoms with Crippen molar-refractivity contribution in [3.8, 4) is 0 Å². The lowest BCUT2D eigenvalue weighted by molar-refractivity contribution is -0.123. The first-order valence-corrected chi connectivity index (χ1v) is 8.27. The number of likely N-dealkylation sites (N-methyl/N-ethyl adjacent to an activating group) is 1. The Balaban J connectivity index is 1.93. The van der Waals surface area contributed by atoms with Crippen molar-refractivity contribution in [1.82, 2.24) is 15.1 Å². The first-order valence-electron chi connectivity index (χ1n) is 8.27. The molecule has 5 nitrogen and oxygen atoms in total. The van der Waals surface area contributed by atoms with Gasteiger partial charge in [0.25, 0.3) is 0 Å². The van der Waals surface area contributed by atoms with Crippen LogP contribution in [0.4, 0.5) is 0 Å². The Morgan fingerprint density at radius 1 is 1.29 bits per heavy atom. The molecule has 2 bridgehead atoms. The quantitative estimate of drug-likeness (QED) is 0.805. The SMILES string of the molecule is CN1C2CCC1CN(C(CN)CC(=O)NC(C)(C)C)CC2. The zero-order valence-corrected chi connectivity index (χ0v) is 14.1. The molecule has 3 atom stereocenters. The molecule has 0 aliphatic carbocycles. The van der Waals surface area contributed by atoms with Gasteiger partial charge in [0.15, 0.2) is 0 Å². The Labute approximate surface area is 129 Å². The molecule has 2 rings (SSSR count). The number of carbonyl (C=O) groups is 1. The summed E-state index contributed by atoms with van der Waals surface area (Å²) < 4.78 is 0. The second kappa shape index (κ2) is 6.63. The highest BCUT2D eigenvalue weighted by atomic mass is 16.1. The van der Waals surface area contributed by atoms with E-state index in [0.29, 0.717) is 19.0 Å². The Kier molecular flexibility index (Phi) is 5.28.